The molecule has 0 radical (unpaired) electrons. The lowest BCUT2D eigenvalue weighted by atomic mass is 10.1. The quantitative estimate of drug-likeness (QED) is 0.458. The van der Waals surface area contributed by atoms with Gasteiger partial charge in [-0.25, -0.2) is 0 Å². The summed E-state index contributed by atoms with van der Waals surface area (Å²) < 4.78 is 5.41. The van der Waals surface area contributed by atoms with Crippen LogP contribution in [0.2, 0.25) is 0 Å². The molecule has 0 unspecified atom stereocenters. The molecule has 0 fully saturated rings. The van der Waals surface area contributed by atoms with Crippen LogP contribution in [0.15, 0.2) is 29.8 Å². The zero-order chi connectivity index (χ0) is 12.7. The van der Waals surface area contributed by atoms with Gasteiger partial charge < -0.3 is 4.74 Å². The Labute approximate surface area is 105 Å². The number of rotatable bonds is 5. The molecule has 88 valence electrons. The summed E-state index contributed by atoms with van der Waals surface area (Å²) in [5.74, 6) is 0.764. The van der Waals surface area contributed by atoms with Crippen LogP contribution >= 0.6 is 11.6 Å². The van der Waals surface area contributed by atoms with Crippen LogP contribution in [0, 0.1) is 11.3 Å². The molecule has 0 aliphatic carbocycles. The van der Waals surface area contributed by atoms with Crippen molar-refractivity contribution in [2.75, 3.05) is 6.61 Å². The molecule has 0 saturated heterocycles. The number of ether oxygens (including phenoxy) is 1. The van der Waals surface area contributed by atoms with Crippen LogP contribution in [0.3, 0.4) is 0 Å². The number of carbonyl (C=O) groups excluding carboxylic acids is 1. The fraction of sp³-hybridized carbons (Fsp3) is 0.231. The molecular formula is C13H12ClNO2. The van der Waals surface area contributed by atoms with Crippen LogP contribution in [0.4, 0.5) is 0 Å². The molecule has 1 aromatic carbocycles. The van der Waals surface area contributed by atoms with Gasteiger partial charge in [0.2, 0.25) is 0 Å². The van der Waals surface area contributed by atoms with E-state index in [4.69, 9.17) is 21.6 Å². The Bertz CT molecular complexity index is 457. The molecule has 0 aliphatic heterocycles. The van der Waals surface area contributed by atoms with Crippen molar-refractivity contribution < 1.29 is 9.53 Å². The molecule has 1 aromatic rings. The Morgan fingerprint density at radius 1 is 1.47 bits per heavy atom. The number of hydrogen-bond donors (Lipinski definition) is 0. The van der Waals surface area contributed by atoms with E-state index in [2.05, 4.69) is 0 Å². The lowest BCUT2D eigenvalue weighted by molar-refractivity contribution is -0.108. The van der Waals surface area contributed by atoms with E-state index in [1.54, 1.807) is 30.3 Å². The Balaban J connectivity index is 2.81. The molecule has 17 heavy (non-hydrogen) atoms. The van der Waals surface area contributed by atoms with Crippen molar-refractivity contribution in [3.63, 3.8) is 0 Å². The fourth-order valence-electron chi connectivity index (χ4n) is 1.18. The van der Waals surface area contributed by atoms with Crippen molar-refractivity contribution in [3.8, 4) is 11.8 Å². The van der Waals surface area contributed by atoms with Crippen molar-refractivity contribution in [2.45, 2.75) is 13.3 Å². The van der Waals surface area contributed by atoms with E-state index in [1.807, 2.05) is 6.92 Å². The average Bonchev–Trinajstić information content (AvgIpc) is 2.34. The van der Waals surface area contributed by atoms with Gasteiger partial charge in [0.15, 0.2) is 0 Å². The number of allylic oxidation sites excluding steroid dienone is 1. The first-order valence-electron chi connectivity index (χ1n) is 5.22. The second-order valence-corrected chi connectivity index (χ2v) is 3.70. The van der Waals surface area contributed by atoms with Gasteiger partial charge in [-0.05, 0) is 41.8 Å². The van der Waals surface area contributed by atoms with E-state index >= 15 is 0 Å². The van der Waals surface area contributed by atoms with Crippen LogP contribution < -0.4 is 4.74 Å². The Kier molecular flexibility index (Phi) is 5.25. The van der Waals surface area contributed by atoms with Gasteiger partial charge in [0, 0.05) is 0 Å². The molecule has 0 saturated carbocycles. The zero-order valence-electron chi connectivity index (χ0n) is 9.44. The molecule has 4 heteroatoms. The molecule has 0 spiro atoms. The molecule has 0 amide bonds. The van der Waals surface area contributed by atoms with Gasteiger partial charge in [-0.1, -0.05) is 19.1 Å². The van der Waals surface area contributed by atoms with E-state index < -0.39 is 5.24 Å². The van der Waals surface area contributed by atoms with Gasteiger partial charge in [-0.15, -0.1) is 0 Å². The number of benzene rings is 1. The summed E-state index contributed by atoms with van der Waals surface area (Å²) in [7, 11) is 0. The van der Waals surface area contributed by atoms with E-state index in [0.717, 1.165) is 17.7 Å². The van der Waals surface area contributed by atoms with Crippen molar-refractivity contribution >= 4 is 22.9 Å². The highest BCUT2D eigenvalue weighted by Gasteiger charge is 2.04. The lowest BCUT2D eigenvalue weighted by Crippen LogP contribution is -1.94. The summed E-state index contributed by atoms with van der Waals surface area (Å²) in [5.41, 5.74) is 0.660. The molecular weight excluding hydrogens is 238 g/mol. The maximum atomic E-state index is 10.8. The Hall–Kier alpha value is -1.79. The molecule has 0 aromatic heterocycles. The van der Waals surface area contributed by atoms with Crippen molar-refractivity contribution in [1.29, 1.82) is 5.26 Å². The molecule has 0 aliphatic rings. The summed E-state index contributed by atoms with van der Waals surface area (Å²) in [6.45, 7) is 2.70. The van der Waals surface area contributed by atoms with Crippen molar-refractivity contribution in [2.24, 2.45) is 0 Å². The highest BCUT2D eigenvalue weighted by molar-refractivity contribution is 6.68. The third kappa shape index (κ3) is 4.29. The van der Waals surface area contributed by atoms with E-state index in [9.17, 15) is 4.79 Å². The third-order valence-electron chi connectivity index (χ3n) is 2.00. The second kappa shape index (κ2) is 6.72. The summed E-state index contributed by atoms with van der Waals surface area (Å²) >= 11 is 5.24. The second-order valence-electron chi connectivity index (χ2n) is 3.36. The first kappa shape index (κ1) is 13.3. The molecule has 1 rings (SSSR count). The fourth-order valence-corrected chi connectivity index (χ4v) is 1.28. The third-order valence-corrected chi connectivity index (χ3v) is 2.20. The SMILES string of the molecule is CCCOc1ccc(/C=C(\C#N)C(=O)Cl)cc1. The normalized spacial score (nSPS) is 10.8. The van der Waals surface area contributed by atoms with E-state index in [1.165, 1.54) is 6.08 Å². The molecule has 0 bridgehead atoms. The minimum absolute atomic E-state index is 0.0751. The number of nitriles is 1. The summed E-state index contributed by atoms with van der Waals surface area (Å²) in [5, 5.41) is 7.93. The number of nitrogens with zero attached hydrogens (tertiary/aromatic N) is 1. The summed E-state index contributed by atoms with van der Waals surface area (Å²) in [4.78, 5) is 10.8. The van der Waals surface area contributed by atoms with Crippen LogP contribution in [0.25, 0.3) is 6.08 Å². The van der Waals surface area contributed by atoms with Gasteiger partial charge in [0.05, 0.1) is 6.61 Å². The maximum Gasteiger partial charge on any atom is 0.262 e. The number of hydrogen-bond acceptors (Lipinski definition) is 3. The topological polar surface area (TPSA) is 50.1 Å². The predicted octanol–water partition coefficient (Wildman–Crippen LogP) is 3.15. The number of carbonyl (C=O) groups is 1. The van der Waals surface area contributed by atoms with Gasteiger partial charge >= 0.3 is 0 Å². The molecule has 0 atom stereocenters. The van der Waals surface area contributed by atoms with Crippen LogP contribution in [0.5, 0.6) is 5.75 Å². The molecule has 0 heterocycles. The first-order chi connectivity index (χ1) is 8.17. The lowest BCUT2D eigenvalue weighted by Gasteiger charge is -2.04. The standard InChI is InChI=1S/C13H12ClNO2/c1-2-7-17-12-5-3-10(4-6-12)8-11(9-15)13(14)16/h3-6,8H,2,7H2,1H3/b11-8+. The highest BCUT2D eigenvalue weighted by atomic mass is 35.5. The largest absolute Gasteiger partial charge is 0.494 e. The zero-order valence-corrected chi connectivity index (χ0v) is 10.2. The predicted molar refractivity (Wildman–Crippen MR) is 66.7 cm³/mol. The minimum atomic E-state index is -0.751. The first-order valence-corrected chi connectivity index (χ1v) is 5.59. The van der Waals surface area contributed by atoms with Gasteiger partial charge in [-0.3, -0.25) is 4.79 Å². The monoisotopic (exact) mass is 249 g/mol. The smallest absolute Gasteiger partial charge is 0.262 e. The van der Waals surface area contributed by atoms with Crippen LogP contribution in [-0.2, 0) is 4.79 Å². The Morgan fingerprint density at radius 2 is 2.12 bits per heavy atom. The summed E-state index contributed by atoms with van der Waals surface area (Å²) in [6, 6.07) is 8.85. The average molecular weight is 250 g/mol. The highest BCUT2D eigenvalue weighted by Crippen LogP contribution is 2.15. The minimum Gasteiger partial charge on any atom is -0.494 e. The number of halogens is 1. The Morgan fingerprint density at radius 3 is 2.59 bits per heavy atom. The summed E-state index contributed by atoms with van der Waals surface area (Å²) in [6.07, 6.45) is 2.39. The van der Waals surface area contributed by atoms with E-state index in [0.29, 0.717) is 6.61 Å². The van der Waals surface area contributed by atoms with Crippen molar-refractivity contribution in [1.82, 2.24) is 0 Å². The molecule has 0 N–H and O–H groups in total. The van der Waals surface area contributed by atoms with Crippen LogP contribution in [0.1, 0.15) is 18.9 Å². The van der Waals surface area contributed by atoms with Gasteiger partial charge in [-0.2, -0.15) is 5.26 Å². The molecule has 3 nitrogen and oxygen atoms in total. The van der Waals surface area contributed by atoms with Crippen LogP contribution in [-0.4, -0.2) is 11.8 Å². The van der Waals surface area contributed by atoms with Gasteiger partial charge in [0.25, 0.3) is 5.24 Å². The van der Waals surface area contributed by atoms with Gasteiger partial charge in [0.1, 0.15) is 17.4 Å². The maximum absolute atomic E-state index is 10.8. The van der Waals surface area contributed by atoms with E-state index in [-0.39, 0.29) is 5.57 Å². The van der Waals surface area contributed by atoms with Crippen molar-refractivity contribution in [3.05, 3.63) is 35.4 Å².